The van der Waals surface area contributed by atoms with Crippen LogP contribution in [0.1, 0.15) is 159 Å². The quantitative estimate of drug-likeness (QED) is 0.146. The maximum atomic E-state index is 6.88. The molecule has 1 saturated carbocycles. The van der Waals surface area contributed by atoms with Gasteiger partial charge in [-0.15, -0.1) is 11.6 Å². The minimum Gasteiger partial charge on any atom is -0.344 e. The fraction of sp³-hybridized carbons (Fsp3) is 0.737. The van der Waals surface area contributed by atoms with Gasteiger partial charge in [0.1, 0.15) is 0 Å². The van der Waals surface area contributed by atoms with Gasteiger partial charge in [-0.25, -0.2) is 0 Å². The normalized spacial score (nSPS) is 16.1. The molecule has 0 aliphatic heterocycles. The molecule has 0 amide bonds. The van der Waals surface area contributed by atoms with Crippen molar-refractivity contribution >= 4 is 17.8 Å². The predicted octanol–water partition coefficient (Wildman–Crippen LogP) is 13.7. The summed E-state index contributed by atoms with van der Waals surface area (Å²) in [5, 5.41) is 6.99. The van der Waals surface area contributed by atoms with Gasteiger partial charge in [-0.2, -0.15) is 42.3 Å². The van der Waals surface area contributed by atoms with E-state index in [-0.39, 0.29) is 36.5 Å². The van der Waals surface area contributed by atoms with E-state index in [9.17, 15) is 0 Å². The third-order valence-electron chi connectivity index (χ3n) is 6.33. The van der Waals surface area contributed by atoms with E-state index in [0.29, 0.717) is 0 Å². The maximum Gasteiger partial charge on any atom is 2.00 e. The molecule has 0 radical (unpaired) electrons. The van der Waals surface area contributed by atoms with Gasteiger partial charge in [0.2, 0.25) is 0 Å². The van der Waals surface area contributed by atoms with E-state index < -0.39 is 0 Å². The van der Waals surface area contributed by atoms with Crippen LogP contribution in [0, 0.1) is 67.3 Å². The van der Waals surface area contributed by atoms with Gasteiger partial charge in [-0.1, -0.05) is 146 Å². The third kappa shape index (κ3) is 49.9. The van der Waals surface area contributed by atoms with E-state index >= 15 is 0 Å². The first-order chi connectivity index (χ1) is 19.0. The molecule has 1 unspecified atom stereocenters. The van der Waals surface area contributed by atoms with Crippen molar-refractivity contribution in [3.63, 3.8) is 0 Å². The van der Waals surface area contributed by atoms with E-state index in [2.05, 4.69) is 81.4 Å². The van der Waals surface area contributed by atoms with Crippen LogP contribution in [-0.2, 0) is 6.42 Å². The molecule has 1 N–H and O–H groups in total. The topological polar surface area (TPSA) is 23.9 Å². The van der Waals surface area contributed by atoms with E-state index in [1.165, 1.54) is 69.6 Å². The zero-order chi connectivity index (χ0) is 31.6. The Balaban J connectivity index is -0.000000130. The van der Waals surface area contributed by atoms with Crippen molar-refractivity contribution in [1.29, 1.82) is 5.41 Å². The molecular formula is C38H72ClNU. The molecule has 1 atom stereocenters. The maximum absolute atomic E-state index is 6.88. The van der Waals surface area contributed by atoms with Crippen LogP contribution >= 0.6 is 11.6 Å². The summed E-state index contributed by atoms with van der Waals surface area (Å²) >= 11 is 5.87. The SMILES string of the molecule is CC1CCC(C)CC1.CCCC.CCCC(Cl)/C=C(/C)C=N.CCCCC(C)C.CCc1[c-]cccc1.[CH2-]CC.[U+2]. The van der Waals surface area contributed by atoms with Crippen molar-refractivity contribution < 1.29 is 31.1 Å². The van der Waals surface area contributed by atoms with Crippen molar-refractivity contribution in [2.45, 2.75) is 165 Å². The zero-order valence-corrected chi connectivity index (χ0v) is 34.5. The molecule has 1 aromatic rings. The number of alkyl halides is 1. The largest absolute Gasteiger partial charge is 2.00 e. The molecule has 0 aromatic heterocycles. The van der Waals surface area contributed by atoms with Crippen LogP contribution in [-0.4, -0.2) is 11.6 Å². The predicted molar refractivity (Wildman–Crippen MR) is 189 cm³/mol. The average molecular weight is 816 g/mol. The summed E-state index contributed by atoms with van der Waals surface area (Å²) in [5.74, 6) is 2.94. The fourth-order valence-corrected chi connectivity index (χ4v) is 3.80. The second-order valence-electron chi connectivity index (χ2n) is 11.5. The van der Waals surface area contributed by atoms with Gasteiger partial charge in [0.05, 0.1) is 5.38 Å². The number of halogens is 1. The second-order valence-corrected chi connectivity index (χ2v) is 12.1. The number of nitrogens with one attached hydrogen (secondary N) is 1. The Morgan fingerprint density at radius 3 is 1.66 bits per heavy atom. The molecular weight excluding hydrogens is 744 g/mol. The van der Waals surface area contributed by atoms with E-state index in [4.69, 9.17) is 17.0 Å². The monoisotopic (exact) mass is 816 g/mol. The first kappa shape index (κ1) is 50.6. The summed E-state index contributed by atoms with van der Waals surface area (Å²) in [6, 6.07) is 11.2. The third-order valence-corrected chi connectivity index (χ3v) is 6.67. The van der Waals surface area contributed by atoms with Crippen LogP contribution in [0.15, 0.2) is 35.9 Å². The minimum atomic E-state index is 0. The van der Waals surface area contributed by atoms with Crippen LogP contribution in [0.2, 0.25) is 0 Å². The van der Waals surface area contributed by atoms with Gasteiger partial charge >= 0.3 is 31.1 Å². The molecule has 3 heteroatoms. The minimum absolute atomic E-state index is 0. The Kier molecular flexibility index (Phi) is 52.0. The molecule has 0 saturated heterocycles. The summed E-state index contributed by atoms with van der Waals surface area (Å²) in [4.78, 5) is 0. The molecule has 2 rings (SSSR count). The van der Waals surface area contributed by atoms with Gasteiger partial charge in [0.15, 0.2) is 0 Å². The van der Waals surface area contributed by atoms with Crippen LogP contribution in [0.25, 0.3) is 0 Å². The van der Waals surface area contributed by atoms with E-state index in [1.54, 1.807) is 0 Å². The van der Waals surface area contributed by atoms with Crippen molar-refractivity contribution in [2.24, 2.45) is 17.8 Å². The number of allylic oxidation sites excluding steroid dienone is 2. The smallest absolute Gasteiger partial charge is 0.344 e. The number of unbranched alkanes of at least 4 members (excludes halogenated alkanes) is 2. The number of hydrogen-bond acceptors (Lipinski definition) is 1. The van der Waals surface area contributed by atoms with Crippen LogP contribution in [0.5, 0.6) is 0 Å². The molecule has 1 aliphatic rings. The summed E-state index contributed by atoms with van der Waals surface area (Å²) < 4.78 is 0. The molecule has 1 nitrogen and oxygen atoms in total. The van der Waals surface area contributed by atoms with Crippen molar-refractivity contribution in [2.75, 3.05) is 0 Å². The number of benzene rings is 1. The molecule has 0 spiro atoms. The summed E-state index contributed by atoms with van der Waals surface area (Å²) in [6.45, 7) is 27.5. The summed E-state index contributed by atoms with van der Waals surface area (Å²) in [5.41, 5.74) is 2.22. The molecule has 1 fully saturated rings. The molecule has 240 valence electrons. The average Bonchev–Trinajstić information content (AvgIpc) is 2.95. The molecule has 1 aromatic carbocycles. The second kappa shape index (κ2) is 42.1. The van der Waals surface area contributed by atoms with E-state index in [0.717, 1.165) is 49.0 Å². The van der Waals surface area contributed by atoms with Gasteiger partial charge in [0, 0.05) is 6.21 Å². The van der Waals surface area contributed by atoms with Crippen molar-refractivity contribution in [1.82, 2.24) is 0 Å². The van der Waals surface area contributed by atoms with Crippen molar-refractivity contribution in [3.05, 3.63) is 54.5 Å². The van der Waals surface area contributed by atoms with Gasteiger partial charge in [-0.3, -0.25) is 0 Å². The molecule has 1 aliphatic carbocycles. The van der Waals surface area contributed by atoms with Crippen LogP contribution in [0.3, 0.4) is 0 Å². The van der Waals surface area contributed by atoms with Crippen LogP contribution in [0.4, 0.5) is 0 Å². The number of aryl methyl sites for hydroxylation is 1. The van der Waals surface area contributed by atoms with Crippen LogP contribution < -0.4 is 0 Å². The standard InChI is InChI=1S/C8H14ClN.C8H16.C8H9.C7H16.C4H10.C3H7.U/c1-3-4-8(9)5-7(2)6-10;1-7-3-5-8(2)6-4-7;1-2-8-6-4-3-5-7-8;1-4-5-6-7(2)3;1-3-4-2;1-3-2;/h5-6,8,10H,3-4H2,1-2H3;7-8H,3-6H2,1-2H3;3-6H,2H2,1H3;7H,4-6H2,1-3H3;3-4H2,1-2H3;1,3H2,2H3;/q;;-1;;;-1;+2/b7-5-,10-6?;;;;;;. The van der Waals surface area contributed by atoms with E-state index in [1.807, 2.05) is 38.1 Å². The van der Waals surface area contributed by atoms with Gasteiger partial charge < -0.3 is 12.3 Å². The van der Waals surface area contributed by atoms with Gasteiger partial charge in [-0.05, 0) is 36.7 Å². The Hall–Kier alpha value is -0.0281. The molecule has 0 heterocycles. The Morgan fingerprint density at radius 2 is 1.41 bits per heavy atom. The van der Waals surface area contributed by atoms with Crippen molar-refractivity contribution in [3.8, 4) is 0 Å². The molecule has 41 heavy (non-hydrogen) atoms. The molecule has 0 bridgehead atoms. The Morgan fingerprint density at radius 1 is 0.927 bits per heavy atom. The summed E-state index contributed by atoms with van der Waals surface area (Å²) in [7, 11) is 0. The first-order valence-electron chi connectivity index (χ1n) is 16.6. The van der Waals surface area contributed by atoms with Gasteiger partial charge in [0.25, 0.3) is 0 Å². The first-order valence-corrected chi connectivity index (χ1v) is 17.0. The fourth-order valence-electron chi connectivity index (χ4n) is 3.38. The number of rotatable bonds is 9. The zero-order valence-electron chi connectivity index (χ0n) is 29.6. The Labute approximate surface area is 289 Å². The Bertz CT molecular complexity index is 594. The number of hydrogen-bond donors (Lipinski definition) is 1. The summed E-state index contributed by atoms with van der Waals surface area (Å²) in [6.07, 6.45) is 20.1.